The van der Waals surface area contributed by atoms with Crippen LogP contribution in [0.15, 0.2) is 17.3 Å². The number of nitrogens with one attached hydrogen (secondary N) is 1. The Morgan fingerprint density at radius 1 is 1.05 bits per heavy atom. The molecule has 1 N–H and O–H groups in total. The molecule has 1 aromatic heterocycles. The SMILES string of the molecule is CCCNc1ncc(S(=O)(=O)N(CCC)CCC)cn1. The van der Waals surface area contributed by atoms with Crippen molar-refractivity contribution in [3.63, 3.8) is 0 Å². The van der Waals surface area contributed by atoms with Crippen molar-refractivity contribution < 1.29 is 8.42 Å². The third-order valence-corrected chi connectivity index (χ3v) is 4.60. The highest BCUT2D eigenvalue weighted by Crippen LogP contribution is 2.15. The van der Waals surface area contributed by atoms with Gasteiger partial charge in [0.15, 0.2) is 0 Å². The first-order chi connectivity index (χ1) is 9.56. The van der Waals surface area contributed by atoms with E-state index in [2.05, 4.69) is 15.3 Å². The maximum absolute atomic E-state index is 12.5. The molecule has 20 heavy (non-hydrogen) atoms. The quantitative estimate of drug-likeness (QED) is 0.756. The smallest absolute Gasteiger partial charge is 0.246 e. The summed E-state index contributed by atoms with van der Waals surface area (Å²) in [7, 11) is -3.48. The van der Waals surface area contributed by atoms with E-state index < -0.39 is 10.0 Å². The lowest BCUT2D eigenvalue weighted by Gasteiger charge is -2.20. The largest absolute Gasteiger partial charge is 0.354 e. The van der Waals surface area contributed by atoms with Crippen molar-refractivity contribution in [3.8, 4) is 0 Å². The normalized spacial score (nSPS) is 11.8. The Morgan fingerprint density at radius 2 is 1.60 bits per heavy atom. The highest BCUT2D eigenvalue weighted by Gasteiger charge is 2.23. The van der Waals surface area contributed by atoms with Gasteiger partial charge < -0.3 is 5.32 Å². The number of hydrogen-bond donors (Lipinski definition) is 1. The molecule has 0 amide bonds. The lowest BCUT2D eigenvalue weighted by molar-refractivity contribution is 0.409. The van der Waals surface area contributed by atoms with Gasteiger partial charge in [0.25, 0.3) is 0 Å². The predicted octanol–water partition coefficient (Wildman–Crippen LogP) is 2.11. The molecule has 0 aromatic carbocycles. The molecule has 1 heterocycles. The summed E-state index contributed by atoms with van der Waals surface area (Å²) in [5.74, 6) is 0.461. The molecule has 7 heteroatoms. The molecule has 1 rings (SSSR count). The van der Waals surface area contributed by atoms with Crippen LogP contribution in [-0.4, -0.2) is 42.3 Å². The van der Waals surface area contributed by atoms with Gasteiger partial charge in [0, 0.05) is 19.6 Å². The summed E-state index contributed by atoms with van der Waals surface area (Å²) in [6.07, 6.45) is 5.29. The van der Waals surface area contributed by atoms with E-state index in [1.54, 1.807) is 0 Å². The van der Waals surface area contributed by atoms with Crippen LogP contribution in [0.25, 0.3) is 0 Å². The van der Waals surface area contributed by atoms with Crippen LogP contribution in [0, 0.1) is 0 Å². The molecular formula is C13H24N4O2S. The first kappa shape index (κ1) is 16.8. The minimum atomic E-state index is -3.48. The van der Waals surface area contributed by atoms with Crippen molar-refractivity contribution in [2.75, 3.05) is 25.0 Å². The van der Waals surface area contributed by atoms with Gasteiger partial charge >= 0.3 is 0 Å². The van der Waals surface area contributed by atoms with E-state index in [4.69, 9.17) is 0 Å². The van der Waals surface area contributed by atoms with Crippen LogP contribution in [0.3, 0.4) is 0 Å². The van der Waals surface area contributed by atoms with Gasteiger partial charge in [-0.1, -0.05) is 20.8 Å². The van der Waals surface area contributed by atoms with Crippen molar-refractivity contribution >= 4 is 16.0 Å². The van der Waals surface area contributed by atoms with Gasteiger partial charge in [-0.2, -0.15) is 4.31 Å². The average Bonchev–Trinajstić information content (AvgIpc) is 2.45. The second kappa shape index (κ2) is 8.16. The number of hydrogen-bond acceptors (Lipinski definition) is 5. The maximum atomic E-state index is 12.5. The third-order valence-electron chi connectivity index (χ3n) is 2.75. The lowest BCUT2D eigenvalue weighted by Crippen LogP contribution is -2.32. The first-order valence-electron chi connectivity index (χ1n) is 7.12. The van der Waals surface area contributed by atoms with Crippen molar-refractivity contribution in [1.82, 2.24) is 14.3 Å². The Kier molecular flexibility index (Phi) is 6.87. The molecule has 0 unspecified atom stereocenters. The van der Waals surface area contributed by atoms with Gasteiger partial charge in [-0.3, -0.25) is 0 Å². The third kappa shape index (κ3) is 4.42. The van der Waals surface area contributed by atoms with Crippen LogP contribution in [-0.2, 0) is 10.0 Å². The molecule has 0 bridgehead atoms. The van der Waals surface area contributed by atoms with Gasteiger partial charge in [-0.25, -0.2) is 18.4 Å². The number of rotatable bonds is 9. The molecule has 0 saturated carbocycles. The zero-order valence-corrected chi connectivity index (χ0v) is 13.3. The molecule has 114 valence electrons. The Hall–Kier alpha value is -1.21. The maximum Gasteiger partial charge on any atom is 0.246 e. The number of anilines is 1. The van der Waals surface area contributed by atoms with Crippen molar-refractivity contribution in [1.29, 1.82) is 0 Å². The summed E-state index contributed by atoms with van der Waals surface area (Å²) in [5, 5.41) is 3.02. The van der Waals surface area contributed by atoms with E-state index in [0.29, 0.717) is 19.0 Å². The summed E-state index contributed by atoms with van der Waals surface area (Å²) in [6.45, 7) is 7.78. The Labute approximate surface area is 121 Å². The van der Waals surface area contributed by atoms with Crippen LogP contribution >= 0.6 is 0 Å². The number of nitrogens with zero attached hydrogens (tertiary/aromatic N) is 3. The van der Waals surface area contributed by atoms with Gasteiger partial charge in [0.2, 0.25) is 16.0 Å². The Balaban J connectivity index is 2.90. The lowest BCUT2D eigenvalue weighted by atomic mass is 10.4. The van der Waals surface area contributed by atoms with Crippen LogP contribution in [0.2, 0.25) is 0 Å². The summed E-state index contributed by atoms with van der Waals surface area (Å²) in [5.41, 5.74) is 0. The van der Waals surface area contributed by atoms with Gasteiger partial charge in [-0.05, 0) is 19.3 Å². The molecule has 0 aliphatic rings. The monoisotopic (exact) mass is 300 g/mol. The van der Waals surface area contributed by atoms with E-state index in [-0.39, 0.29) is 4.90 Å². The summed E-state index contributed by atoms with van der Waals surface area (Å²) >= 11 is 0. The second-order valence-corrected chi connectivity index (χ2v) is 6.51. The van der Waals surface area contributed by atoms with Gasteiger partial charge in [0.1, 0.15) is 4.90 Å². The average molecular weight is 300 g/mol. The van der Waals surface area contributed by atoms with E-state index >= 15 is 0 Å². The standard InChI is InChI=1S/C13H24N4O2S/c1-4-7-14-13-15-10-12(11-16-13)20(18,19)17(8-5-2)9-6-3/h10-11H,4-9H2,1-3H3,(H,14,15,16). The van der Waals surface area contributed by atoms with Gasteiger partial charge in [0.05, 0.1) is 12.4 Å². The number of sulfonamides is 1. The molecule has 0 fully saturated rings. The minimum absolute atomic E-state index is 0.154. The van der Waals surface area contributed by atoms with E-state index in [1.807, 2.05) is 20.8 Å². The fourth-order valence-corrected chi connectivity index (χ4v) is 3.29. The van der Waals surface area contributed by atoms with E-state index in [9.17, 15) is 8.42 Å². The van der Waals surface area contributed by atoms with Crippen molar-refractivity contribution in [3.05, 3.63) is 12.4 Å². The fourth-order valence-electron chi connectivity index (χ4n) is 1.78. The topological polar surface area (TPSA) is 75.2 Å². The fraction of sp³-hybridized carbons (Fsp3) is 0.692. The van der Waals surface area contributed by atoms with Crippen molar-refractivity contribution in [2.24, 2.45) is 0 Å². The van der Waals surface area contributed by atoms with Crippen molar-refractivity contribution in [2.45, 2.75) is 44.9 Å². The molecule has 0 atom stereocenters. The van der Waals surface area contributed by atoms with E-state index in [0.717, 1.165) is 25.8 Å². The Bertz CT molecular complexity index is 482. The molecule has 0 aliphatic carbocycles. The minimum Gasteiger partial charge on any atom is -0.354 e. The zero-order valence-electron chi connectivity index (χ0n) is 12.5. The molecule has 6 nitrogen and oxygen atoms in total. The summed E-state index contributed by atoms with van der Waals surface area (Å²) < 4.78 is 26.4. The van der Waals surface area contributed by atoms with Gasteiger partial charge in [-0.15, -0.1) is 0 Å². The highest BCUT2D eigenvalue weighted by atomic mass is 32.2. The summed E-state index contributed by atoms with van der Waals surface area (Å²) in [6, 6.07) is 0. The summed E-state index contributed by atoms with van der Waals surface area (Å²) in [4.78, 5) is 8.27. The van der Waals surface area contributed by atoms with Crippen LogP contribution in [0.1, 0.15) is 40.0 Å². The molecule has 0 aliphatic heterocycles. The molecule has 0 radical (unpaired) electrons. The second-order valence-electron chi connectivity index (χ2n) is 4.57. The van der Waals surface area contributed by atoms with E-state index in [1.165, 1.54) is 16.7 Å². The highest BCUT2D eigenvalue weighted by molar-refractivity contribution is 7.89. The molecule has 0 spiro atoms. The molecular weight excluding hydrogens is 276 g/mol. The molecule has 0 saturated heterocycles. The predicted molar refractivity (Wildman–Crippen MR) is 80.2 cm³/mol. The van der Waals surface area contributed by atoms with Crippen LogP contribution in [0.5, 0.6) is 0 Å². The zero-order chi connectivity index (χ0) is 15.0. The number of aromatic nitrogens is 2. The molecule has 1 aromatic rings. The first-order valence-corrected chi connectivity index (χ1v) is 8.56. The van der Waals surface area contributed by atoms with Crippen LogP contribution in [0.4, 0.5) is 5.95 Å². The Morgan fingerprint density at radius 3 is 2.05 bits per heavy atom. The van der Waals surface area contributed by atoms with Crippen LogP contribution < -0.4 is 5.32 Å².